The fourth-order valence-corrected chi connectivity index (χ4v) is 2.20. The van der Waals surface area contributed by atoms with Gasteiger partial charge in [-0.3, -0.25) is 0 Å². The molecule has 0 saturated carbocycles. The van der Waals surface area contributed by atoms with Gasteiger partial charge in [0.15, 0.2) is 11.6 Å². The Morgan fingerprint density at radius 3 is 2.56 bits per heavy atom. The van der Waals surface area contributed by atoms with Crippen LogP contribution < -0.4 is 5.32 Å². The second kappa shape index (κ2) is 6.69. The van der Waals surface area contributed by atoms with Gasteiger partial charge in [0.25, 0.3) is 0 Å². The molecule has 0 aliphatic rings. The minimum atomic E-state index is -1.19. The summed E-state index contributed by atoms with van der Waals surface area (Å²) in [6.07, 6.45) is 5.69. The lowest BCUT2D eigenvalue weighted by Gasteiger charge is -2.12. The topological polar surface area (TPSA) is 51.0 Å². The number of hydrogen-bond acceptors (Lipinski definition) is 4. The predicted molar refractivity (Wildman–Crippen MR) is 86.6 cm³/mol. The molecule has 0 saturated heterocycles. The highest BCUT2D eigenvalue weighted by molar-refractivity contribution is 5.77. The number of terminal acetylenes is 1. The third kappa shape index (κ3) is 3.19. The van der Waals surface area contributed by atoms with Gasteiger partial charge in [0, 0.05) is 12.0 Å². The van der Waals surface area contributed by atoms with Gasteiger partial charge in [0.1, 0.15) is 5.82 Å². The zero-order chi connectivity index (χ0) is 18.0. The van der Waals surface area contributed by atoms with E-state index < -0.39 is 17.5 Å². The van der Waals surface area contributed by atoms with Crippen LogP contribution in [0.25, 0.3) is 11.5 Å². The van der Waals surface area contributed by atoms with Crippen molar-refractivity contribution < 1.29 is 17.6 Å². The van der Waals surface area contributed by atoms with E-state index in [2.05, 4.69) is 21.4 Å². The molecule has 0 unspecified atom stereocenters. The van der Waals surface area contributed by atoms with Crippen LogP contribution in [0.3, 0.4) is 0 Å². The smallest absolute Gasteiger partial charge is 0.249 e. The fourth-order valence-electron chi connectivity index (χ4n) is 2.20. The summed E-state index contributed by atoms with van der Waals surface area (Å²) in [5.74, 6) is -0.353. The van der Waals surface area contributed by atoms with E-state index in [9.17, 15) is 13.2 Å². The average molecular weight is 343 g/mol. The van der Waals surface area contributed by atoms with Gasteiger partial charge >= 0.3 is 0 Å². The van der Waals surface area contributed by atoms with Crippen LogP contribution in [0.5, 0.6) is 0 Å². The Hall–Kier alpha value is -3.27. The molecule has 0 fully saturated rings. The Labute approximate surface area is 141 Å². The van der Waals surface area contributed by atoms with Gasteiger partial charge in [-0.15, -0.1) is 16.6 Å². The SMILES string of the molecule is C#Cc1ccc(Nc2c(-c3nnc(CC)o3)ccc(F)c2F)c(F)c1. The van der Waals surface area contributed by atoms with Crippen LogP contribution in [0.15, 0.2) is 34.7 Å². The third-order valence-corrected chi connectivity index (χ3v) is 3.49. The van der Waals surface area contributed by atoms with Crippen LogP contribution >= 0.6 is 0 Å². The van der Waals surface area contributed by atoms with Crippen molar-refractivity contribution in [3.05, 3.63) is 59.2 Å². The van der Waals surface area contributed by atoms with E-state index in [1.807, 2.05) is 6.92 Å². The monoisotopic (exact) mass is 343 g/mol. The summed E-state index contributed by atoms with van der Waals surface area (Å²) in [5.41, 5.74) is 0.0673. The van der Waals surface area contributed by atoms with Crippen LogP contribution in [0.4, 0.5) is 24.5 Å². The van der Waals surface area contributed by atoms with Gasteiger partial charge < -0.3 is 9.73 Å². The number of halogens is 3. The lowest BCUT2D eigenvalue weighted by Crippen LogP contribution is -2.01. The molecule has 0 bridgehead atoms. The molecule has 4 nitrogen and oxygen atoms in total. The van der Waals surface area contributed by atoms with Crippen molar-refractivity contribution in [2.75, 3.05) is 5.32 Å². The Bertz CT molecular complexity index is 976. The number of hydrogen-bond donors (Lipinski definition) is 1. The minimum Gasteiger partial charge on any atom is -0.421 e. The van der Waals surface area contributed by atoms with E-state index in [0.717, 1.165) is 12.1 Å². The highest BCUT2D eigenvalue weighted by Crippen LogP contribution is 2.34. The largest absolute Gasteiger partial charge is 0.421 e. The van der Waals surface area contributed by atoms with Crippen molar-refractivity contribution in [1.29, 1.82) is 0 Å². The van der Waals surface area contributed by atoms with Gasteiger partial charge in [-0.2, -0.15) is 0 Å². The van der Waals surface area contributed by atoms with Crippen LogP contribution in [0.2, 0.25) is 0 Å². The first-order valence-corrected chi connectivity index (χ1v) is 7.37. The number of anilines is 2. The Kier molecular flexibility index (Phi) is 4.44. The molecule has 25 heavy (non-hydrogen) atoms. The van der Waals surface area contributed by atoms with E-state index in [4.69, 9.17) is 10.8 Å². The first-order valence-electron chi connectivity index (χ1n) is 7.37. The zero-order valence-corrected chi connectivity index (χ0v) is 13.1. The van der Waals surface area contributed by atoms with Crippen molar-refractivity contribution >= 4 is 11.4 Å². The standard InChI is InChI=1S/C18H12F3N3O/c1-3-10-5-8-14(13(20)9-10)22-17-11(6-7-12(19)16(17)21)18-24-23-15(4-2)25-18/h1,5-9,22H,4H2,2H3. The number of aromatic nitrogens is 2. The molecule has 0 amide bonds. The molecule has 1 N–H and O–H groups in total. The molecule has 0 radical (unpaired) electrons. The Balaban J connectivity index is 2.08. The molecule has 1 heterocycles. The lowest BCUT2D eigenvalue weighted by molar-refractivity contribution is 0.504. The van der Waals surface area contributed by atoms with Crippen LogP contribution in [0, 0.1) is 29.8 Å². The molecular formula is C18H12F3N3O. The van der Waals surface area contributed by atoms with Gasteiger partial charge in [-0.1, -0.05) is 12.8 Å². The summed E-state index contributed by atoms with van der Waals surface area (Å²) in [7, 11) is 0. The van der Waals surface area contributed by atoms with E-state index in [1.165, 1.54) is 18.2 Å². The number of nitrogens with one attached hydrogen (secondary N) is 1. The second-order valence-corrected chi connectivity index (χ2v) is 5.10. The Morgan fingerprint density at radius 2 is 1.92 bits per heavy atom. The Morgan fingerprint density at radius 1 is 1.12 bits per heavy atom. The van der Waals surface area contributed by atoms with Crippen molar-refractivity contribution in [3.63, 3.8) is 0 Å². The molecule has 1 aromatic heterocycles. The average Bonchev–Trinajstić information content (AvgIpc) is 3.09. The quantitative estimate of drug-likeness (QED) is 0.712. The van der Waals surface area contributed by atoms with Gasteiger partial charge in [0.05, 0.1) is 16.9 Å². The van der Waals surface area contributed by atoms with Gasteiger partial charge in [0.2, 0.25) is 11.8 Å². The first-order chi connectivity index (χ1) is 12.0. The minimum absolute atomic E-state index is 0.00102. The molecule has 0 aliphatic heterocycles. The fraction of sp³-hybridized carbons (Fsp3) is 0.111. The maximum atomic E-state index is 14.3. The van der Waals surface area contributed by atoms with Crippen molar-refractivity contribution in [2.45, 2.75) is 13.3 Å². The summed E-state index contributed by atoms with van der Waals surface area (Å²) < 4.78 is 47.5. The summed E-state index contributed by atoms with van der Waals surface area (Å²) >= 11 is 0. The summed E-state index contributed by atoms with van der Waals surface area (Å²) in [4.78, 5) is 0. The molecular weight excluding hydrogens is 331 g/mol. The molecule has 2 aromatic carbocycles. The van der Waals surface area contributed by atoms with Gasteiger partial charge in [-0.05, 0) is 30.3 Å². The maximum Gasteiger partial charge on any atom is 0.249 e. The summed E-state index contributed by atoms with van der Waals surface area (Å²) in [6, 6.07) is 6.14. The molecule has 0 aliphatic carbocycles. The normalized spacial score (nSPS) is 10.5. The highest BCUT2D eigenvalue weighted by Gasteiger charge is 2.20. The number of rotatable bonds is 4. The van der Waals surface area contributed by atoms with Crippen LogP contribution in [-0.2, 0) is 6.42 Å². The van der Waals surface area contributed by atoms with Crippen LogP contribution in [-0.4, -0.2) is 10.2 Å². The highest BCUT2D eigenvalue weighted by atomic mass is 19.2. The predicted octanol–water partition coefficient (Wildman–Crippen LogP) is 4.44. The van der Waals surface area contributed by atoms with E-state index >= 15 is 0 Å². The third-order valence-electron chi connectivity index (χ3n) is 3.49. The second-order valence-electron chi connectivity index (χ2n) is 5.10. The van der Waals surface area contributed by atoms with Crippen molar-refractivity contribution in [2.24, 2.45) is 0 Å². The van der Waals surface area contributed by atoms with E-state index in [1.54, 1.807) is 0 Å². The summed E-state index contributed by atoms with van der Waals surface area (Å²) in [6.45, 7) is 1.81. The molecule has 3 rings (SSSR count). The number of benzene rings is 2. The van der Waals surface area contributed by atoms with Gasteiger partial charge in [-0.25, -0.2) is 13.2 Å². The lowest BCUT2D eigenvalue weighted by atomic mass is 10.1. The maximum absolute atomic E-state index is 14.3. The molecule has 0 spiro atoms. The molecule has 0 atom stereocenters. The zero-order valence-electron chi connectivity index (χ0n) is 13.1. The summed E-state index contributed by atoms with van der Waals surface area (Å²) in [5, 5.41) is 10.1. The van der Waals surface area contributed by atoms with Crippen molar-refractivity contribution in [1.82, 2.24) is 10.2 Å². The number of nitrogens with zero attached hydrogens (tertiary/aromatic N) is 2. The molecule has 3 aromatic rings. The van der Waals surface area contributed by atoms with Crippen LogP contribution in [0.1, 0.15) is 18.4 Å². The van der Waals surface area contributed by atoms with E-state index in [-0.39, 0.29) is 22.8 Å². The molecule has 7 heteroatoms. The number of aryl methyl sites for hydroxylation is 1. The van der Waals surface area contributed by atoms with E-state index in [0.29, 0.717) is 17.9 Å². The molecule has 126 valence electrons. The first kappa shape index (κ1) is 16.6. The van der Waals surface area contributed by atoms with Crippen molar-refractivity contribution in [3.8, 4) is 23.8 Å².